The Morgan fingerprint density at radius 2 is 2.17 bits per heavy atom. The molecule has 18 heavy (non-hydrogen) atoms. The van der Waals surface area contributed by atoms with Crippen LogP contribution in [-0.2, 0) is 13.2 Å². The van der Waals surface area contributed by atoms with E-state index in [2.05, 4.69) is 4.98 Å². The second kappa shape index (κ2) is 4.71. The first-order valence-corrected chi connectivity index (χ1v) is 5.44. The summed E-state index contributed by atoms with van der Waals surface area (Å²) < 4.78 is 1.59. The summed E-state index contributed by atoms with van der Waals surface area (Å²) in [4.78, 5) is 14.6. The van der Waals surface area contributed by atoms with Crippen LogP contribution in [-0.4, -0.2) is 31.3 Å². The Hall–Kier alpha value is -1.99. The average molecular weight is 251 g/mol. The van der Waals surface area contributed by atoms with E-state index in [1.165, 1.54) is 6.07 Å². The average Bonchev–Trinajstić information content (AvgIpc) is 2.65. The van der Waals surface area contributed by atoms with Crippen LogP contribution >= 0.6 is 0 Å². The van der Waals surface area contributed by atoms with Gasteiger partial charge in [0.05, 0.1) is 22.6 Å². The molecule has 0 aliphatic carbocycles. The molecule has 1 aromatic carbocycles. The highest BCUT2D eigenvalue weighted by molar-refractivity contribution is 5.80. The molecular formula is C11H13N3O4. The predicted octanol–water partition coefficient (Wildman–Crippen LogP) is 0.738. The van der Waals surface area contributed by atoms with Gasteiger partial charge in [-0.3, -0.25) is 10.1 Å². The summed E-state index contributed by atoms with van der Waals surface area (Å²) in [6.07, 6.45) is 0. The van der Waals surface area contributed by atoms with Crippen molar-refractivity contribution in [1.29, 1.82) is 0 Å². The van der Waals surface area contributed by atoms with Crippen molar-refractivity contribution in [3.05, 3.63) is 33.6 Å². The Labute approximate surface area is 102 Å². The second-order valence-corrected chi connectivity index (χ2v) is 3.95. The smallest absolute Gasteiger partial charge is 0.274 e. The zero-order valence-electron chi connectivity index (χ0n) is 9.83. The molecule has 96 valence electrons. The van der Waals surface area contributed by atoms with E-state index in [0.29, 0.717) is 22.4 Å². The van der Waals surface area contributed by atoms with Crippen molar-refractivity contribution in [3.63, 3.8) is 0 Å². The van der Waals surface area contributed by atoms with Crippen LogP contribution in [0.3, 0.4) is 0 Å². The molecule has 0 atom stereocenters. The SMILES string of the molecule is Cc1cc2nc(CO)n(CCO)c2cc1[N+](=O)[O-]. The lowest BCUT2D eigenvalue weighted by Gasteiger charge is -2.05. The number of hydrogen-bond donors (Lipinski definition) is 2. The maximum absolute atomic E-state index is 10.9. The van der Waals surface area contributed by atoms with Gasteiger partial charge in [0.2, 0.25) is 0 Å². The van der Waals surface area contributed by atoms with Crippen molar-refractivity contribution in [1.82, 2.24) is 9.55 Å². The molecule has 0 fully saturated rings. The van der Waals surface area contributed by atoms with Crippen molar-refractivity contribution in [3.8, 4) is 0 Å². The molecule has 0 saturated carbocycles. The number of aliphatic hydroxyl groups excluding tert-OH is 2. The van der Waals surface area contributed by atoms with Gasteiger partial charge in [-0.25, -0.2) is 4.98 Å². The predicted molar refractivity (Wildman–Crippen MR) is 64.1 cm³/mol. The standard InChI is InChI=1S/C11H13N3O4/c1-7-4-8-10(5-9(7)14(17)18)13(2-3-15)11(6-16)12-8/h4-5,15-16H,2-3,6H2,1H3. The fourth-order valence-electron chi connectivity index (χ4n) is 1.98. The zero-order chi connectivity index (χ0) is 13.3. The molecule has 0 amide bonds. The first kappa shape index (κ1) is 12.5. The van der Waals surface area contributed by atoms with Crippen molar-refractivity contribution >= 4 is 16.7 Å². The van der Waals surface area contributed by atoms with Crippen LogP contribution in [0.2, 0.25) is 0 Å². The van der Waals surface area contributed by atoms with E-state index in [9.17, 15) is 15.2 Å². The number of imidazole rings is 1. The number of aliphatic hydroxyl groups is 2. The molecule has 7 heteroatoms. The maximum Gasteiger partial charge on any atom is 0.274 e. The minimum absolute atomic E-state index is 0.00563. The van der Waals surface area contributed by atoms with Gasteiger partial charge in [0.1, 0.15) is 12.4 Å². The van der Waals surface area contributed by atoms with Crippen LogP contribution < -0.4 is 0 Å². The molecule has 1 heterocycles. The highest BCUT2D eigenvalue weighted by atomic mass is 16.6. The summed E-state index contributed by atoms with van der Waals surface area (Å²) in [5, 5.41) is 29.1. The van der Waals surface area contributed by atoms with E-state index in [4.69, 9.17) is 5.11 Å². The quantitative estimate of drug-likeness (QED) is 0.616. The normalized spacial score (nSPS) is 11.1. The molecule has 1 aromatic heterocycles. The molecule has 0 unspecified atom stereocenters. The van der Waals surface area contributed by atoms with Gasteiger partial charge in [0.15, 0.2) is 0 Å². The third kappa shape index (κ3) is 1.93. The van der Waals surface area contributed by atoms with Crippen LogP contribution in [0.4, 0.5) is 5.69 Å². The van der Waals surface area contributed by atoms with Crippen LogP contribution in [0.5, 0.6) is 0 Å². The van der Waals surface area contributed by atoms with Gasteiger partial charge in [0, 0.05) is 18.2 Å². The van der Waals surface area contributed by atoms with Gasteiger partial charge in [0.25, 0.3) is 5.69 Å². The van der Waals surface area contributed by atoms with Gasteiger partial charge in [-0.1, -0.05) is 0 Å². The number of fused-ring (bicyclic) bond motifs is 1. The minimum Gasteiger partial charge on any atom is -0.395 e. The monoisotopic (exact) mass is 251 g/mol. The minimum atomic E-state index is -0.455. The number of aryl methyl sites for hydroxylation is 1. The summed E-state index contributed by atoms with van der Waals surface area (Å²) in [6.45, 7) is 1.48. The Morgan fingerprint density at radius 3 is 2.72 bits per heavy atom. The lowest BCUT2D eigenvalue weighted by molar-refractivity contribution is -0.385. The molecule has 2 N–H and O–H groups in total. The van der Waals surface area contributed by atoms with Crippen LogP contribution in [0.25, 0.3) is 11.0 Å². The van der Waals surface area contributed by atoms with Crippen molar-refractivity contribution in [2.75, 3.05) is 6.61 Å². The second-order valence-electron chi connectivity index (χ2n) is 3.95. The number of hydrogen-bond acceptors (Lipinski definition) is 5. The van der Waals surface area contributed by atoms with E-state index in [0.717, 1.165) is 0 Å². The van der Waals surface area contributed by atoms with Gasteiger partial charge >= 0.3 is 0 Å². The van der Waals surface area contributed by atoms with E-state index in [1.807, 2.05) is 0 Å². The van der Waals surface area contributed by atoms with E-state index >= 15 is 0 Å². The lowest BCUT2D eigenvalue weighted by Crippen LogP contribution is -2.07. The maximum atomic E-state index is 10.9. The highest BCUT2D eigenvalue weighted by Crippen LogP contribution is 2.26. The Kier molecular flexibility index (Phi) is 3.26. The zero-order valence-corrected chi connectivity index (χ0v) is 9.83. The number of nitro groups is 1. The van der Waals surface area contributed by atoms with Crippen LogP contribution in [0.1, 0.15) is 11.4 Å². The molecule has 0 aliphatic heterocycles. The lowest BCUT2D eigenvalue weighted by atomic mass is 10.2. The number of nitro benzene ring substituents is 1. The van der Waals surface area contributed by atoms with E-state index in [-0.39, 0.29) is 25.4 Å². The summed E-state index contributed by atoms with van der Waals surface area (Å²) in [5.41, 5.74) is 1.65. The fraction of sp³-hybridized carbons (Fsp3) is 0.364. The van der Waals surface area contributed by atoms with Crippen LogP contribution in [0, 0.1) is 17.0 Å². The third-order valence-corrected chi connectivity index (χ3v) is 2.81. The number of rotatable bonds is 4. The summed E-state index contributed by atoms with van der Waals surface area (Å²) in [6, 6.07) is 3.03. The third-order valence-electron chi connectivity index (χ3n) is 2.81. The van der Waals surface area contributed by atoms with Crippen LogP contribution in [0.15, 0.2) is 12.1 Å². The first-order valence-electron chi connectivity index (χ1n) is 5.44. The highest BCUT2D eigenvalue weighted by Gasteiger charge is 2.17. The topological polar surface area (TPSA) is 101 Å². The molecule has 0 bridgehead atoms. The fourth-order valence-corrected chi connectivity index (χ4v) is 1.98. The van der Waals surface area contributed by atoms with Gasteiger partial charge in [-0.15, -0.1) is 0 Å². The summed E-state index contributed by atoms with van der Waals surface area (Å²) in [5.74, 6) is 0.388. The van der Waals surface area contributed by atoms with Crippen molar-refractivity contribution in [2.24, 2.45) is 0 Å². The molecule has 0 radical (unpaired) electrons. The number of aromatic nitrogens is 2. The van der Waals surface area contributed by atoms with Crippen molar-refractivity contribution < 1.29 is 15.1 Å². The van der Waals surface area contributed by atoms with Gasteiger partial charge in [-0.2, -0.15) is 0 Å². The van der Waals surface area contributed by atoms with E-state index in [1.54, 1.807) is 17.6 Å². The molecule has 2 rings (SSSR count). The Bertz CT molecular complexity index is 606. The number of nitrogens with zero attached hydrogens (tertiary/aromatic N) is 3. The molecule has 0 saturated heterocycles. The molecular weight excluding hydrogens is 238 g/mol. The molecule has 0 aliphatic rings. The van der Waals surface area contributed by atoms with Gasteiger partial charge < -0.3 is 14.8 Å². The largest absolute Gasteiger partial charge is 0.395 e. The Balaban J connectivity index is 2.72. The molecule has 2 aromatic rings. The van der Waals surface area contributed by atoms with E-state index < -0.39 is 4.92 Å². The first-order chi connectivity index (χ1) is 8.58. The molecule has 7 nitrogen and oxygen atoms in total. The summed E-state index contributed by atoms with van der Waals surface area (Å²) >= 11 is 0. The Morgan fingerprint density at radius 1 is 1.44 bits per heavy atom. The molecule has 0 spiro atoms. The van der Waals surface area contributed by atoms with Gasteiger partial charge in [-0.05, 0) is 13.0 Å². The number of benzene rings is 1. The van der Waals surface area contributed by atoms with Crippen molar-refractivity contribution in [2.45, 2.75) is 20.1 Å². The summed E-state index contributed by atoms with van der Waals surface area (Å²) in [7, 11) is 0.